The Morgan fingerprint density at radius 3 is 2.39 bits per heavy atom. The Hall–Kier alpha value is -3.43. The average molecular weight is 441 g/mol. The summed E-state index contributed by atoms with van der Waals surface area (Å²) in [6.07, 6.45) is 0. The normalized spacial score (nSPS) is 11.9. The molecule has 9 heteroatoms. The molecule has 4 rings (SSSR count). The fourth-order valence-electron chi connectivity index (χ4n) is 3.28. The van der Waals surface area contributed by atoms with Gasteiger partial charge < -0.3 is 9.73 Å². The molecule has 7 nitrogen and oxygen atoms in total. The van der Waals surface area contributed by atoms with Gasteiger partial charge in [-0.3, -0.25) is 4.79 Å². The van der Waals surface area contributed by atoms with E-state index < -0.39 is 28.5 Å². The number of nitrogens with one attached hydrogen (secondary N) is 1. The largest absolute Gasteiger partial charge is 0.456 e. The molecule has 0 saturated heterocycles. The van der Waals surface area contributed by atoms with E-state index in [-0.39, 0.29) is 5.69 Å². The second-order valence-corrected chi connectivity index (χ2v) is 9.17. The van der Waals surface area contributed by atoms with Gasteiger partial charge in [0.2, 0.25) is 5.91 Å². The Morgan fingerprint density at radius 2 is 1.65 bits per heavy atom. The maximum Gasteiger partial charge on any atom is 0.304 e. The third kappa shape index (κ3) is 3.97. The predicted octanol–water partition coefficient (Wildman–Crippen LogP) is 3.98. The molecule has 0 atom stereocenters. The number of hydrogen-bond donors (Lipinski definition) is 1. The summed E-state index contributed by atoms with van der Waals surface area (Å²) < 4.78 is 47.3. The molecule has 160 valence electrons. The molecule has 1 heterocycles. The number of rotatable bonds is 6. The quantitative estimate of drug-likeness (QED) is 0.491. The lowest BCUT2D eigenvalue weighted by atomic mass is 10.1. The van der Waals surface area contributed by atoms with Crippen LogP contribution >= 0.6 is 0 Å². The Kier molecular flexibility index (Phi) is 5.38. The van der Waals surface area contributed by atoms with E-state index in [9.17, 15) is 17.6 Å². The number of furan rings is 1. The van der Waals surface area contributed by atoms with E-state index in [4.69, 9.17) is 4.42 Å². The van der Waals surface area contributed by atoms with Gasteiger partial charge in [-0.1, -0.05) is 30.3 Å². The van der Waals surface area contributed by atoms with Crippen molar-refractivity contribution < 1.29 is 22.0 Å². The van der Waals surface area contributed by atoms with Gasteiger partial charge in [0, 0.05) is 36.6 Å². The first-order chi connectivity index (χ1) is 14.8. The van der Waals surface area contributed by atoms with Gasteiger partial charge in [0.05, 0.1) is 5.69 Å². The molecule has 0 radical (unpaired) electrons. The van der Waals surface area contributed by atoms with Crippen LogP contribution in [-0.4, -0.2) is 39.3 Å². The highest BCUT2D eigenvalue weighted by Crippen LogP contribution is 2.30. The number of carbonyl (C=O) groups is 1. The highest BCUT2D eigenvalue weighted by atomic mass is 32.2. The number of amides is 1. The minimum Gasteiger partial charge on any atom is -0.456 e. The summed E-state index contributed by atoms with van der Waals surface area (Å²) in [6.45, 7) is -0.598. The first-order valence-corrected chi connectivity index (χ1v) is 10.8. The fraction of sp³-hybridized carbons (Fsp3) is 0.136. The van der Waals surface area contributed by atoms with E-state index >= 15 is 0 Å². The molecule has 0 aliphatic rings. The van der Waals surface area contributed by atoms with Crippen LogP contribution in [0, 0.1) is 5.82 Å². The summed E-state index contributed by atoms with van der Waals surface area (Å²) in [5.74, 6) is -1.37. The zero-order valence-electron chi connectivity index (χ0n) is 16.9. The first-order valence-electron chi connectivity index (χ1n) is 9.43. The maximum absolute atomic E-state index is 14.3. The van der Waals surface area contributed by atoms with Crippen molar-refractivity contribution >= 4 is 49.4 Å². The monoisotopic (exact) mass is 441 g/mol. The lowest BCUT2D eigenvalue weighted by Crippen LogP contribution is -2.44. The molecule has 4 aromatic rings. The van der Waals surface area contributed by atoms with Crippen LogP contribution in [0.1, 0.15) is 0 Å². The van der Waals surface area contributed by atoms with Crippen LogP contribution < -0.4 is 9.62 Å². The van der Waals surface area contributed by atoms with Crippen LogP contribution in [0.4, 0.5) is 15.8 Å². The molecular weight excluding hydrogens is 421 g/mol. The topological polar surface area (TPSA) is 82.9 Å². The third-order valence-electron chi connectivity index (χ3n) is 4.81. The summed E-state index contributed by atoms with van der Waals surface area (Å²) in [5, 5.41) is 4.52. The lowest BCUT2D eigenvalue weighted by molar-refractivity contribution is -0.114. The molecule has 31 heavy (non-hydrogen) atoms. The van der Waals surface area contributed by atoms with E-state index in [1.165, 1.54) is 32.3 Å². The number of anilines is 2. The predicted molar refractivity (Wildman–Crippen MR) is 119 cm³/mol. The highest BCUT2D eigenvalue weighted by Gasteiger charge is 2.29. The molecule has 1 N–H and O–H groups in total. The summed E-state index contributed by atoms with van der Waals surface area (Å²) in [4.78, 5) is 12.7. The van der Waals surface area contributed by atoms with Crippen molar-refractivity contribution in [1.29, 1.82) is 0 Å². The van der Waals surface area contributed by atoms with Crippen molar-refractivity contribution in [2.24, 2.45) is 0 Å². The number of nitrogens with zero attached hydrogens (tertiary/aromatic N) is 2. The van der Waals surface area contributed by atoms with Gasteiger partial charge in [-0.05, 0) is 30.3 Å². The molecule has 1 amide bonds. The highest BCUT2D eigenvalue weighted by molar-refractivity contribution is 7.90. The van der Waals surface area contributed by atoms with E-state index in [0.29, 0.717) is 11.3 Å². The number of para-hydroxylation sites is 2. The van der Waals surface area contributed by atoms with Crippen molar-refractivity contribution in [1.82, 2.24) is 4.31 Å². The van der Waals surface area contributed by atoms with Crippen LogP contribution in [0.15, 0.2) is 71.1 Å². The molecule has 0 unspecified atom stereocenters. The van der Waals surface area contributed by atoms with Gasteiger partial charge in [-0.2, -0.15) is 12.7 Å². The van der Waals surface area contributed by atoms with Gasteiger partial charge in [-0.25, -0.2) is 8.70 Å². The molecule has 0 fully saturated rings. The van der Waals surface area contributed by atoms with Crippen LogP contribution in [0.2, 0.25) is 0 Å². The van der Waals surface area contributed by atoms with Gasteiger partial charge in [-0.15, -0.1) is 0 Å². The molecular formula is C22H20FN3O4S. The van der Waals surface area contributed by atoms with Crippen LogP contribution in [0.25, 0.3) is 21.9 Å². The van der Waals surface area contributed by atoms with Gasteiger partial charge in [0.1, 0.15) is 23.5 Å². The smallest absolute Gasteiger partial charge is 0.304 e. The van der Waals surface area contributed by atoms with Gasteiger partial charge in [0.25, 0.3) is 0 Å². The van der Waals surface area contributed by atoms with Crippen LogP contribution in [-0.2, 0) is 15.0 Å². The Bertz CT molecular complexity index is 1380. The first kappa shape index (κ1) is 20.8. The van der Waals surface area contributed by atoms with Crippen molar-refractivity contribution in [3.05, 3.63) is 72.5 Å². The van der Waals surface area contributed by atoms with E-state index in [1.807, 2.05) is 30.3 Å². The molecule has 0 spiro atoms. The van der Waals surface area contributed by atoms with Crippen LogP contribution in [0.3, 0.4) is 0 Å². The van der Waals surface area contributed by atoms with Gasteiger partial charge in [0.15, 0.2) is 0 Å². The maximum atomic E-state index is 14.3. The zero-order valence-corrected chi connectivity index (χ0v) is 17.7. The standard InChI is InChI=1S/C22H20FN3O4S/c1-25(2)31(28,29)26(19-9-5-4-8-18(19)23)14-22(27)24-15-11-12-17-16-7-3-6-10-20(16)30-21(17)13-15/h3-13H,14H2,1-2H3,(H,24,27). The van der Waals surface area contributed by atoms with Crippen molar-refractivity contribution in [2.45, 2.75) is 0 Å². The SMILES string of the molecule is CN(C)S(=O)(=O)N(CC(=O)Nc1ccc2c(c1)oc1ccccc12)c1ccccc1F. The number of halogens is 1. The second kappa shape index (κ2) is 8.01. The summed E-state index contributed by atoms with van der Waals surface area (Å²) in [6, 6.07) is 18.2. The molecule has 0 bridgehead atoms. The lowest BCUT2D eigenvalue weighted by Gasteiger charge is -2.27. The molecule has 0 aliphatic carbocycles. The Morgan fingerprint density at radius 1 is 0.968 bits per heavy atom. The van der Waals surface area contributed by atoms with Crippen molar-refractivity contribution in [3.8, 4) is 0 Å². The molecule has 1 aromatic heterocycles. The molecule has 0 aliphatic heterocycles. The van der Waals surface area contributed by atoms with Gasteiger partial charge >= 0.3 is 10.2 Å². The summed E-state index contributed by atoms with van der Waals surface area (Å²) >= 11 is 0. The number of carbonyl (C=O) groups excluding carboxylic acids is 1. The van der Waals surface area contributed by atoms with Crippen molar-refractivity contribution in [3.63, 3.8) is 0 Å². The molecule has 3 aromatic carbocycles. The van der Waals surface area contributed by atoms with Crippen molar-refractivity contribution in [2.75, 3.05) is 30.3 Å². The zero-order chi connectivity index (χ0) is 22.2. The second-order valence-electron chi connectivity index (χ2n) is 7.11. The Labute approximate surface area is 178 Å². The summed E-state index contributed by atoms with van der Waals surface area (Å²) in [7, 11) is -1.47. The molecule has 0 saturated carbocycles. The number of benzene rings is 3. The van der Waals surface area contributed by atoms with E-state index in [1.54, 1.807) is 12.1 Å². The van der Waals surface area contributed by atoms with Crippen LogP contribution in [0.5, 0.6) is 0 Å². The third-order valence-corrected chi connectivity index (χ3v) is 6.62. The van der Waals surface area contributed by atoms with E-state index in [0.717, 1.165) is 31.0 Å². The minimum atomic E-state index is -4.11. The number of fused-ring (bicyclic) bond motifs is 3. The summed E-state index contributed by atoms with van der Waals surface area (Å²) in [5.41, 5.74) is 1.54. The number of hydrogen-bond acceptors (Lipinski definition) is 4. The van der Waals surface area contributed by atoms with E-state index in [2.05, 4.69) is 5.32 Å². The fourth-order valence-corrected chi connectivity index (χ4v) is 4.35. The average Bonchev–Trinajstić information content (AvgIpc) is 3.10. The Balaban J connectivity index is 1.62. The minimum absolute atomic E-state index is 0.209.